The summed E-state index contributed by atoms with van der Waals surface area (Å²) in [6.07, 6.45) is 7.59. The summed E-state index contributed by atoms with van der Waals surface area (Å²) in [5.74, 6) is 1.82. The van der Waals surface area contributed by atoms with Crippen LogP contribution in [0.3, 0.4) is 0 Å². The van der Waals surface area contributed by atoms with Gasteiger partial charge in [0.1, 0.15) is 11.6 Å². The number of carbonyl (C=O) groups excluding carboxylic acids is 1. The maximum absolute atomic E-state index is 13.5. The second-order valence-electron chi connectivity index (χ2n) is 9.52. The van der Waals surface area contributed by atoms with E-state index in [1.807, 2.05) is 47.5 Å². The molecule has 7 nitrogen and oxygen atoms in total. The van der Waals surface area contributed by atoms with E-state index >= 15 is 0 Å². The second kappa shape index (κ2) is 9.04. The highest BCUT2D eigenvalue weighted by Gasteiger charge is 2.31. The predicted octanol–water partition coefficient (Wildman–Crippen LogP) is 4.79. The molecular weight excluding hydrogens is 414 g/mol. The van der Waals surface area contributed by atoms with Crippen LogP contribution in [0.1, 0.15) is 73.6 Å². The molecule has 174 valence electrons. The molecule has 0 saturated carbocycles. The van der Waals surface area contributed by atoms with Gasteiger partial charge in [0.15, 0.2) is 5.65 Å². The Labute approximate surface area is 195 Å². The SMILES string of the molecule is Cc1cn2nc(C3CCCCN3C(=O)c3cccc(OC(C)C)c3)cc2nc1N1CCCC1. The fourth-order valence-electron chi connectivity index (χ4n) is 5.05. The van der Waals surface area contributed by atoms with E-state index in [1.54, 1.807) is 0 Å². The van der Waals surface area contributed by atoms with Crippen molar-refractivity contribution >= 4 is 17.4 Å². The standard InChI is InChI=1S/C26H33N5O2/c1-18(2)33-21-10-8-9-20(15-21)26(32)30-14-5-4-11-23(30)22-16-24-27-25(29-12-6-7-13-29)19(3)17-31(24)28-22/h8-10,15-18,23H,4-7,11-14H2,1-3H3. The minimum absolute atomic E-state index is 0.0351. The van der Waals surface area contributed by atoms with E-state index in [0.717, 1.165) is 67.4 Å². The van der Waals surface area contributed by atoms with Gasteiger partial charge in [0, 0.05) is 43.0 Å². The van der Waals surface area contributed by atoms with E-state index in [-0.39, 0.29) is 18.1 Å². The topological polar surface area (TPSA) is 63.0 Å². The smallest absolute Gasteiger partial charge is 0.254 e. The number of benzene rings is 1. The Morgan fingerprint density at radius 1 is 1.09 bits per heavy atom. The summed E-state index contributed by atoms with van der Waals surface area (Å²) < 4.78 is 7.68. The van der Waals surface area contributed by atoms with Crippen LogP contribution in [0.15, 0.2) is 36.5 Å². The minimum atomic E-state index is -0.0434. The molecule has 2 fully saturated rings. The average molecular weight is 448 g/mol. The highest BCUT2D eigenvalue weighted by Crippen LogP contribution is 2.33. The zero-order chi connectivity index (χ0) is 22.9. The first-order valence-electron chi connectivity index (χ1n) is 12.2. The molecule has 7 heteroatoms. The number of carbonyl (C=O) groups is 1. The lowest BCUT2D eigenvalue weighted by atomic mass is 9.98. The lowest BCUT2D eigenvalue weighted by molar-refractivity contribution is 0.0605. The Morgan fingerprint density at radius 3 is 2.67 bits per heavy atom. The third-order valence-electron chi connectivity index (χ3n) is 6.59. The molecule has 2 aliphatic rings. The van der Waals surface area contributed by atoms with Crippen molar-refractivity contribution in [2.45, 2.75) is 65.0 Å². The van der Waals surface area contributed by atoms with Gasteiger partial charge in [-0.15, -0.1) is 0 Å². The van der Waals surface area contributed by atoms with E-state index in [0.29, 0.717) is 5.56 Å². The summed E-state index contributed by atoms with van der Waals surface area (Å²) in [5, 5.41) is 4.87. The van der Waals surface area contributed by atoms with Crippen LogP contribution < -0.4 is 9.64 Å². The second-order valence-corrected chi connectivity index (χ2v) is 9.52. The third-order valence-corrected chi connectivity index (χ3v) is 6.59. The van der Waals surface area contributed by atoms with E-state index in [4.69, 9.17) is 14.8 Å². The van der Waals surface area contributed by atoms with E-state index in [9.17, 15) is 4.79 Å². The molecule has 0 N–H and O–H groups in total. The van der Waals surface area contributed by atoms with Gasteiger partial charge in [0.2, 0.25) is 0 Å². The van der Waals surface area contributed by atoms with E-state index < -0.39 is 0 Å². The average Bonchev–Trinajstić information content (AvgIpc) is 3.47. The van der Waals surface area contributed by atoms with Crippen molar-refractivity contribution in [2.24, 2.45) is 0 Å². The lowest BCUT2D eigenvalue weighted by Gasteiger charge is -2.34. The zero-order valence-corrected chi connectivity index (χ0v) is 19.8. The normalized spacial score (nSPS) is 19.0. The summed E-state index contributed by atoms with van der Waals surface area (Å²) in [6, 6.07) is 9.54. The number of hydrogen-bond donors (Lipinski definition) is 0. The van der Waals surface area contributed by atoms with Gasteiger partial charge >= 0.3 is 0 Å². The summed E-state index contributed by atoms with van der Waals surface area (Å²) in [5.41, 5.74) is 3.57. The van der Waals surface area contributed by atoms with Crippen LogP contribution in [0.2, 0.25) is 0 Å². The first kappa shape index (κ1) is 21.7. The number of rotatable bonds is 5. The molecule has 2 aliphatic heterocycles. The minimum Gasteiger partial charge on any atom is -0.491 e. The summed E-state index contributed by atoms with van der Waals surface area (Å²) in [7, 11) is 0. The summed E-state index contributed by atoms with van der Waals surface area (Å²) in [4.78, 5) is 22.8. The maximum Gasteiger partial charge on any atom is 0.254 e. The van der Waals surface area contributed by atoms with Crippen LogP contribution in [-0.2, 0) is 0 Å². The van der Waals surface area contributed by atoms with Crippen molar-refractivity contribution in [2.75, 3.05) is 24.5 Å². The van der Waals surface area contributed by atoms with Crippen molar-refractivity contribution in [3.63, 3.8) is 0 Å². The number of nitrogens with zero attached hydrogens (tertiary/aromatic N) is 5. The highest BCUT2D eigenvalue weighted by atomic mass is 16.5. The monoisotopic (exact) mass is 447 g/mol. The van der Waals surface area contributed by atoms with Crippen LogP contribution in [0.25, 0.3) is 5.65 Å². The Kier molecular flexibility index (Phi) is 5.96. The summed E-state index contributed by atoms with van der Waals surface area (Å²) in [6.45, 7) is 8.94. The number of ether oxygens (including phenoxy) is 1. The van der Waals surface area contributed by atoms with Gasteiger partial charge in [0.25, 0.3) is 5.91 Å². The Hall–Kier alpha value is -3.09. The fourth-order valence-corrected chi connectivity index (χ4v) is 5.05. The lowest BCUT2D eigenvalue weighted by Crippen LogP contribution is -2.38. The number of likely N-dealkylation sites (tertiary alicyclic amines) is 1. The number of fused-ring (bicyclic) bond motifs is 1. The third kappa shape index (κ3) is 4.41. The molecule has 1 aromatic carbocycles. The number of piperidine rings is 1. The van der Waals surface area contributed by atoms with Crippen LogP contribution >= 0.6 is 0 Å². The fraction of sp³-hybridized carbons (Fsp3) is 0.500. The largest absolute Gasteiger partial charge is 0.491 e. The van der Waals surface area contributed by atoms with Gasteiger partial charge in [-0.05, 0) is 71.1 Å². The number of aryl methyl sites for hydroxylation is 1. The number of aromatic nitrogens is 3. The molecule has 2 aromatic heterocycles. The first-order valence-corrected chi connectivity index (χ1v) is 12.2. The molecule has 33 heavy (non-hydrogen) atoms. The Morgan fingerprint density at radius 2 is 1.88 bits per heavy atom. The van der Waals surface area contributed by atoms with Gasteiger partial charge < -0.3 is 14.5 Å². The van der Waals surface area contributed by atoms with E-state index in [2.05, 4.69) is 24.1 Å². The Balaban J connectivity index is 1.44. The molecule has 1 amide bonds. The van der Waals surface area contributed by atoms with Crippen molar-refractivity contribution in [1.82, 2.24) is 19.5 Å². The molecule has 0 aliphatic carbocycles. The van der Waals surface area contributed by atoms with Gasteiger partial charge in [-0.25, -0.2) is 9.50 Å². The molecule has 2 saturated heterocycles. The molecule has 1 unspecified atom stereocenters. The molecular formula is C26H33N5O2. The van der Waals surface area contributed by atoms with Crippen LogP contribution in [0.5, 0.6) is 5.75 Å². The first-order chi connectivity index (χ1) is 16.0. The van der Waals surface area contributed by atoms with Crippen molar-refractivity contribution in [3.8, 4) is 5.75 Å². The van der Waals surface area contributed by atoms with Crippen molar-refractivity contribution < 1.29 is 9.53 Å². The molecule has 3 aromatic rings. The maximum atomic E-state index is 13.5. The molecule has 4 heterocycles. The predicted molar refractivity (Wildman–Crippen MR) is 129 cm³/mol. The number of amides is 1. The molecule has 5 rings (SSSR count). The van der Waals surface area contributed by atoms with Crippen molar-refractivity contribution in [3.05, 3.63) is 53.3 Å². The molecule has 1 atom stereocenters. The zero-order valence-electron chi connectivity index (χ0n) is 19.8. The van der Waals surface area contributed by atoms with Gasteiger partial charge in [0.05, 0.1) is 17.8 Å². The number of hydrogen-bond acceptors (Lipinski definition) is 5. The highest BCUT2D eigenvalue weighted by molar-refractivity contribution is 5.95. The molecule has 0 spiro atoms. The quantitative estimate of drug-likeness (QED) is 0.563. The number of anilines is 1. The van der Waals surface area contributed by atoms with Gasteiger partial charge in [-0.1, -0.05) is 6.07 Å². The van der Waals surface area contributed by atoms with Crippen molar-refractivity contribution in [1.29, 1.82) is 0 Å². The van der Waals surface area contributed by atoms with Crippen LogP contribution in [0, 0.1) is 6.92 Å². The van der Waals surface area contributed by atoms with Gasteiger partial charge in [-0.2, -0.15) is 5.10 Å². The summed E-state index contributed by atoms with van der Waals surface area (Å²) >= 11 is 0. The van der Waals surface area contributed by atoms with Crippen LogP contribution in [0.4, 0.5) is 5.82 Å². The molecule has 0 radical (unpaired) electrons. The van der Waals surface area contributed by atoms with Gasteiger partial charge in [-0.3, -0.25) is 4.79 Å². The Bertz CT molecular complexity index is 1150. The van der Waals surface area contributed by atoms with Crippen LogP contribution in [-0.4, -0.2) is 51.1 Å². The van der Waals surface area contributed by atoms with E-state index in [1.165, 1.54) is 12.8 Å². The molecule has 0 bridgehead atoms.